The van der Waals surface area contributed by atoms with E-state index in [0.29, 0.717) is 6.54 Å². The van der Waals surface area contributed by atoms with Gasteiger partial charge in [0, 0.05) is 32.4 Å². The number of aryl methyl sites for hydroxylation is 1. The van der Waals surface area contributed by atoms with Crippen molar-refractivity contribution < 1.29 is 9.59 Å². The average Bonchev–Trinajstić information content (AvgIpc) is 3.00. The van der Waals surface area contributed by atoms with Crippen molar-refractivity contribution in [2.45, 2.75) is 58.2 Å². The van der Waals surface area contributed by atoms with E-state index in [1.807, 2.05) is 0 Å². The Balaban J connectivity index is 1.67. The van der Waals surface area contributed by atoms with Gasteiger partial charge >= 0.3 is 6.03 Å². The summed E-state index contributed by atoms with van der Waals surface area (Å²) >= 11 is 0. The Bertz CT molecular complexity index is 806. The molecule has 0 spiro atoms. The number of hydrogen-bond donors (Lipinski definition) is 0. The SMILES string of the molecule is CCCCN1C(=O)C2C(N=C3N(c4ccc(CC)cc4)CCCCN32)N(C)C1=O. The lowest BCUT2D eigenvalue weighted by Crippen LogP contribution is -2.65. The van der Waals surface area contributed by atoms with Gasteiger partial charge in [-0.2, -0.15) is 0 Å². The quantitative estimate of drug-likeness (QED) is 0.767. The number of benzene rings is 1. The number of urea groups is 1. The molecule has 0 N–H and O–H groups in total. The molecule has 7 heteroatoms. The summed E-state index contributed by atoms with van der Waals surface area (Å²) in [6.45, 7) is 6.35. The molecule has 1 aromatic rings. The van der Waals surface area contributed by atoms with Crippen molar-refractivity contribution in [2.75, 3.05) is 31.6 Å². The average molecular weight is 398 g/mol. The van der Waals surface area contributed by atoms with Gasteiger partial charge in [0.2, 0.25) is 5.96 Å². The zero-order valence-electron chi connectivity index (χ0n) is 17.7. The zero-order valence-corrected chi connectivity index (χ0v) is 17.7. The zero-order chi connectivity index (χ0) is 20.5. The predicted molar refractivity (Wildman–Crippen MR) is 114 cm³/mol. The van der Waals surface area contributed by atoms with Crippen LogP contribution in [0, 0.1) is 0 Å². The topological polar surface area (TPSA) is 59.5 Å². The van der Waals surface area contributed by atoms with Gasteiger partial charge in [0.25, 0.3) is 5.91 Å². The fourth-order valence-electron chi connectivity index (χ4n) is 4.46. The Morgan fingerprint density at radius 3 is 2.48 bits per heavy atom. The molecule has 7 nitrogen and oxygen atoms in total. The Hall–Kier alpha value is -2.57. The van der Waals surface area contributed by atoms with Gasteiger partial charge < -0.3 is 14.7 Å². The van der Waals surface area contributed by atoms with E-state index < -0.39 is 12.2 Å². The number of rotatable bonds is 5. The highest BCUT2D eigenvalue weighted by atomic mass is 16.2. The molecule has 2 atom stereocenters. The van der Waals surface area contributed by atoms with Crippen LogP contribution >= 0.6 is 0 Å². The largest absolute Gasteiger partial charge is 0.328 e. The fraction of sp³-hybridized carbons (Fsp3) is 0.591. The summed E-state index contributed by atoms with van der Waals surface area (Å²) in [5, 5.41) is 0. The van der Waals surface area contributed by atoms with Crippen LogP contribution in [0.15, 0.2) is 29.3 Å². The normalized spacial score (nSPS) is 24.4. The number of fused-ring (bicyclic) bond motifs is 3. The van der Waals surface area contributed by atoms with Crippen molar-refractivity contribution >= 4 is 23.6 Å². The second-order valence-electron chi connectivity index (χ2n) is 8.10. The number of anilines is 1. The molecular formula is C22H31N5O2. The molecule has 0 aromatic heterocycles. The van der Waals surface area contributed by atoms with Crippen LogP contribution in [0.5, 0.6) is 0 Å². The van der Waals surface area contributed by atoms with Crippen molar-refractivity contribution in [3.05, 3.63) is 29.8 Å². The van der Waals surface area contributed by atoms with E-state index in [9.17, 15) is 9.59 Å². The lowest BCUT2D eigenvalue weighted by molar-refractivity contribution is -0.137. The van der Waals surface area contributed by atoms with Gasteiger partial charge in [-0.25, -0.2) is 9.79 Å². The maximum atomic E-state index is 13.3. The van der Waals surface area contributed by atoms with Crippen LogP contribution in [0.4, 0.5) is 10.5 Å². The number of likely N-dealkylation sites (N-methyl/N-ethyl adjacent to an activating group) is 1. The van der Waals surface area contributed by atoms with E-state index >= 15 is 0 Å². The van der Waals surface area contributed by atoms with Crippen molar-refractivity contribution in [1.82, 2.24) is 14.7 Å². The maximum Gasteiger partial charge on any atom is 0.328 e. The molecule has 29 heavy (non-hydrogen) atoms. The first-order valence-electron chi connectivity index (χ1n) is 10.9. The third-order valence-electron chi connectivity index (χ3n) is 6.24. The molecule has 3 aliphatic heterocycles. The first-order valence-corrected chi connectivity index (χ1v) is 10.9. The Morgan fingerprint density at radius 2 is 1.79 bits per heavy atom. The van der Waals surface area contributed by atoms with Crippen molar-refractivity contribution in [2.24, 2.45) is 4.99 Å². The first-order chi connectivity index (χ1) is 14.1. The molecule has 156 valence electrons. The van der Waals surface area contributed by atoms with E-state index in [1.165, 1.54) is 10.5 Å². The monoisotopic (exact) mass is 397 g/mol. The number of imide groups is 1. The van der Waals surface area contributed by atoms with Crippen LogP contribution in [0.1, 0.15) is 45.1 Å². The Morgan fingerprint density at radius 1 is 1.07 bits per heavy atom. The maximum absolute atomic E-state index is 13.3. The molecule has 0 saturated carbocycles. The molecule has 2 saturated heterocycles. The number of guanidine groups is 1. The van der Waals surface area contributed by atoms with Crippen molar-refractivity contribution in [3.63, 3.8) is 0 Å². The van der Waals surface area contributed by atoms with Crippen LogP contribution in [0.25, 0.3) is 0 Å². The number of hydrogen-bond acceptors (Lipinski definition) is 5. The molecular weight excluding hydrogens is 366 g/mol. The lowest BCUT2D eigenvalue weighted by Gasteiger charge is -2.41. The van der Waals surface area contributed by atoms with Gasteiger partial charge in [-0.3, -0.25) is 9.69 Å². The highest BCUT2D eigenvalue weighted by Gasteiger charge is 2.53. The van der Waals surface area contributed by atoms with E-state index in [1.54, 1.807) is 11.9 Å². The number of carbonyl (C=O) groups is 2. The summed E-state index contributed by atoms with van der Waals surface area (Å²) in [7, 11) is 1.77. The van der Waals surface area contributed by atoms with Crippen molar-refractivity contribution in [1.29, 1.82) is 0 Å². The van der Waals surface area contributed by atoms with Gasteiger partial charge in [-0.05, 0) is 43.4 Å². The van der Waals surface area contributed by atoms with Crippen molar-refractivity contribution in [3.8, 4) is 0 Å². The second-order valence-corrected chi connectivity index (χ2v) is 8.10. The van der Waals surface area contributed by atoms with Gasteiger partial charge in [-0.1, -0.05) is 32.4 Å². The summed E-state index contributed by atoms with van der Waals surface area (Å²) in [6, 6.07) is 7.93. The van der Waals surface area contributed by atoms with E-state index in [-0.39, 0.29) is 11.9 Å². The van der Waals surface area contributed by atoms with Gasteiger partial charge in [0.15, 0.2) is 12.2 Å². The summed E-state index contributed by atoms with van der Waals surface area (Å²) in [5.41, 5.74) is 2.39. The minimum atomic E-state index is -0.446. The summed E-state index contributed by atoms with van der Waals surface area (Å²) in [5.74, 6) is 0.723. The third kappa shape index (κ3) is 3.36. The van der Waals surface area contributed by atoms with E-state index in [4.69, 9.17) is 4.99 Å². The first kappa shape index (κ1) is 19.7. The molecule has 2 fully saturated rings. The van der Waals surface area contributed by atoms with E-state index in [0.717, 1.165) is 56.8 Å². The van der Waals surface area contributed by atoms with Crippen LogP contribution in [-0.2, 0) is 11.2 Å². The van der Waals surface area contributed by atoms with Crippen LogP contribution in [0.3, 0.4) is 0 Å². The minimum absolute atomic E-state index is 0.103. The molecule has 0 radical (unpaired) electrons. The molecule has 2 unspecified atom stereocenters. The Labute approximate surface area is 173 Å². The highest BCUT2D eigenvalue weighted by molar-refractivity contribution is 6.07. The number of amides is 3. The van der Waals surface area contributed by atoms with Gasteiger partial charge in [0.1, 0.15) is 0 Å². The number of aliphatic imine (C=N–C) groups is 1. The molecule has 4 rings (SSSR count). The molecule has 3 aliphatic rings. The van der Waals surface area contributed by atoms with Crippen LogP contribution < -0.4 is 4.90 Å². The summed E-state index contributed by atoms with van der Waals surface area (Å²) in [6.07, 6.45) is 4.38. The number of unbranched alkanes of at least 4 members (excludes halogenated alkanes) is 1. The Kier molecular flexibility index (Phi) is 5.48. The van der Waals surface area contributed by atoms with E-state index in [2.05, 4.69) is 47.9 Å². The second kappa shape index (κ2) is 8.05. The molecule has 3 amide bonds. The summed E-state index contributed by atoms with van der Waals surface area (Å²) < 4.78 is 0. The molecule has 0 aliphatic carbocycles. The third-order valence-corrected chi connectivity index (χ3v) is 6.24. The van der Waals surface area contributed by atoms with Crippen LogP contribution in [0.2, 0.25) is 0 Å². The van der Waals surface area contributed by atoms with Gasteiger partial charge in [0.05, 0.1) is 0 Å². The molecule has 0 bridgehead atoms. The minimum Gasteiger partial charge on any atom is -0.327 e. The summed E-state index contributed by atoms with van der Waals surface area (Å²) in [4.78, 5) is 38.4. The lowest BCUT2D eigenvalue weighted by atomic mass is 10.1. The molecule has 1 aromatic carbocycles. The predicted octanol–water partition coefficient (Wildman–Crippen LogP) is 2.91. The smallest absolute Gasteiger partial charge is 0.327 e. The highest BCUT2D eigenvalue weighted by Crippen LogP contribution is 2.32. The molecule has 3 heterocycles. The van der Waals surface area contributed by atoms with Crippen LogP contribution in [-0.4, -0.2) is 71.5 Å². The number of carbonyl (C=O) groups excluding carboxylic acids is 2. The number of nitrogens with zero attached hydrogens (tertiary/aromatic N) is 5. The standard InChI is InChI=1S/C22H31N5O2/c1-4-6-13-27-20(28)18-19(24(3)22(27)29)23-21-25(14-7-8-15-26(18)21)17-11-9-16(5-2)10-12-17/h9-12,18-19H,4-8,13-15H2,1-3H3. The van der Waals surface area contributed by atoms with Gasteiger partial charge in [-0.15, -0.1) is 0 Å². The fourth-order valence-corrected chi connectivity index (χ4v) is 4.46.